The first-order valence-electron chi connectivity index (χ1n) is 10.7. The molecule has 8 nitrogen and oxygen atoms in total. The summed E-state index contributed by atoms with van der Waals surface area (Å²) in [4.78, 5) is 24.0. The molecule has 0 spiro atoms. The number of carbonyl (C=O) groups excluding carboxylic acids is 2. The van der Waals surface area contributed by atoms with E-state index in [4.69, 9.17) is 13.7 Å². The number of cyclic esters (lactones) is 1. The maximum absolute atomic E-state index is 13.1. The lowest BCUT2D eigenvalue weighted by Gasteiger charge is -2.19. The molecule has 9 heteroatoms. The standard InChI is InChI=1S/C25H28O8S/c1-15-6-10-18(11-7-15)34(28,29)33-24-19(12-8-16(2)9-13-21(26)30-4)23(31-5)17(3)20-14-32-25(27)22(20)24/h6-8,10-11H,9,12-14H2,1-5H3/b16-8+. The maximum Gasteiger partial charge on any atom is 0.342 e. The van der Waals surface area contributed by atoms with Crippen LogP contribution in [0.25, 0.3) is 0 Å². The van der Waals surface area contributed by atoms with E-state index < -0.39 is 16.1 Å². The van der Waals surface area contributed by atoms with Gasteiger partial charge in [-0.1, -0.05) is 29.3 Å². The van der Waals surface area contributed by atoms with Crippen LogP contribution < -0.4 is 8.92 Å². The van der Waals surface area contributed by atoms with Gasteiger partial charge in [0.15, 0.2) is 5.75 Å². The number of hydrogen-bond donors (Lipinski definition) is 0. The van der Waals surface area contributed by atoms with E-state index in [1.165, 1.54) is 26.4 Å². The highest BCUT2D eigenvalue weighted by molar-refractivity contribution is 7.87. The molecule has 1 aliphatic heterocycles. The first-order valence-corrected chi connectivity index (χ1v) is 12.1. The topological polar surface area (TPSA) is 105 Å². The zero-order valence-electron chi connectivity index (χ0n) is 19.9. The van der Waals surface area contributed by atoms with Crippen LogP contribution in [0.5, 0.6) is 11.5 Å². The number of methoxy groups -OCH3 is 2. The minimum absolute atomic E-state index is 0.00553. The van der Waals surface area contributed by atoms with Gasteiger partial charge in [0.1, 0.15) is 22.8 Å². The second kappa shape index (κ2) is 10.3. The predicted molar refractivity (Wildman–Crippen MR) is 125 cm³/mol. The van der Waals surface area contributed by atoms with Crippen LogP contribution in [0.3, 0.4) is 0 Å². The van der Waals surface area contributed by atoms with E-state index in [0.717, 1.165) is 11.1 Å². The third-order valence-corrected chi connectivity index (χ3v) is 6.97. The number of allylic oxidation sites excluding steroid dienone is 2. The summed E-state index contributed by atoms with van der Waals surface area (Å²) in [5.41, 5.74) is 3.50. The first-order chi connectivity index (χ1) is 16.1. The summed E-state index contributed by atoms with van der Waals surface area (Å²) in [6.07, 6.45) is 2.75. The van der Waals surface area contributed by atoms with Crippen LogP contribution in [0.1, 0.15) is 52.4 Å². The second-order valence-electron chi connectivity index (χ2n) is 8.08. The lowest BCUT2D eigenvalue weighted by molar-refractivity contribution is -0.140. The van der Waals surface area contributed by atoms with Crippen LogP contribution in [0.2, 0.25) is 0 Å². The van der Waals surface area contributed by atoms with Gasteiger partial charge in [-0.05, 0) is 51.3 Å². The van der Waals surface area contributed by atoms with Gasteiger partial charge in [-0.3, -0.25) is 4.79 Å². The molecule has 0 saturated carbocycles. The molecule has 1 aliphatic rings. The van der Waals surface area contributed by atoms with Gasteiger partial charge < -0.3 is 18.4 Å². The average Bonchev–Trinajstić information content (AvgIpc) is 3.20. The Morgan fingerprint density at radius 1 is 1.09 bits per heavy atom. The summed E-state index contributed by atoms with van der Waals surface area (Å²) in [6, 6.07) is 6.23. The molecule has 0 aromatic heterocycles. The molecule has 1 heterocycles. The SMILES string of the molecule is COC(=O)CC/C(C)=C/Cc1c(OC)c(C)c2c(c1OS(=O)(=O)c1ccc(C)cc1)C(=O)OC2. The number of hydrogen-bond acceptors (Lipinski definition) is 8. The summed E-state index contributed by atoms with van der Waals surface area (Å²) in [5.74, 6) is -0.655. The summed E-state index contributed by atoms with van der Waals surface area (Å²) in [7, 11) is -1.44. The number of esters is 2. The molecule has 0 aliphatic carbocycles. The van der Waals surface area contributed by atoms with Crippen molar-refractivity contribution >= 4 is 22.1 Å². The van der Waals surface area contributed by atoms with Crippen LogP contribution in [-0.4, -0.2) is 34.6 Å². The maximum atomic E-state index is 13.1. The number of rotatable bonds is 9. The zero-order valence-corrected chi connectivity index (χ0v) is 20.7. The Bertz CT molecular complexity index is 1240. The highest BCUT2D eigenvalue weighted by Gasteiger charge is 2.35. The molecule has 3 rings (SSSR count). The van der Waals surface area contributed by atoms with E-state index in [0.29, 0.717) is 28.9 Å². The lowest BCUT2D eigenvalue weighted by atomic mass is 9.94. The Labute approximate surface area is 199 Å². The molecular weight excluding hydrogens is 460 g/mol. The van der Waals surface area contributed by atoms with Gasteiger partial charge >= 0.3 is 22.1 Å². The molecule has 0 atom stereocenters. The van der Waals surface area contributed by atoms with Gasteiger partial charge in [0.2, 0.25) is 0 Å². The first kappa shape index (κ1) is 25.3. The Kier molecular flexibility index (Phi) is 7.66. The van der Waals surface area contributed by atoms with Crippen LogP contribution >= 0.6 is 0 Å². The zero-order chi connectivity index (χ0) is 25.0. The largest absolute Gasteiger partial charge is 0.496 e. The average molecular weight is 489 g/mol. The van der Waals surface area contributed by atoms with Crippen molar-refractivity contribution in [2.24, 2.45) is 0 Å². The van der Waals surface area contributed by atoms with E-state index in [2.05, 4.69) is 4.74 Å². The minimum Gasteiger partial charge on any atom is -0.496 e. The highest BCUT2D eigenvalue weighted by atomic mass is 32.2. The van der Waals surface area contributed by atoms with Gasteiger partial charge in [-0.2, -0.15) is 8.42 Å². The van der Waals surface area contributed by atoms with E-state index >= 15 is 0 Å². The Morgan fingerprint density at radius 2 is 1.76 bits per heavy atom. The number of fused-ring (bicyclic) bond motifs is 1. The van der Waals surface area contributed by atoms with E-state index in [1.807, 2.05) is 19.9 Å². The number of carbonyl (C=O) groups is 2. The quantitative estimate of drug-likeness (QED) is 0.294. The van der Waals surface area contributed by atoms with Crippen LogP contribution in [0.15, 0.2) is 40.8 Å². The normalized spacial score (nSPS) is 13.3. The number of aryl methyl sites for hydroxylation is 1. The summed E-state index contributed by atoms with van der Waals surface area (Å²) in [6.45, 7) is 5.49. The van der Waals surface area contributed by atoms with E-state index in [-0.39, 0.29) is 41.6 Å². The van der Waals surface area contributed by atoms with E-state index in [9.17, 15) is 18.0 Å². The third-order valence-electron chi connectivity index (χ3n) is 5.73. The Morgan fingerprint density at radius 3 is 2.38 bits per heavy atom. The Balaban J connectivity index is 2.10. The fourth-order valence-electron chi connectivity index (χ4n) is 3.74. The molecule has 0 N–H and O–H groups in total. The molecule has 2 aromatic rings. The highest BCUT2D eigenvalue weighted by Crippen LogP contribution is 2.43. The molecule has 0 radical (unpaired) electrons. The smallest absolute Gasteiger partial charge is 0.342 e. The fourth-order valence-corrected chi connectivity index (χ4v) is 4.71. The molecule has 0 saturated heterocycles. The van der Waals surface area contributed by atoms with Crippen molar-refractivity contribution in [1.29, 1.82) is 0 Å². The third kappa shape index (κ3) is 5.25. The summed E-state index contributed by atoms with van der Waals surface area (Å²) < 4.78 is 47.3. The van der Waals surface area contributed by atoms with Crippen molar-refractivity contribution in [3.63, 3.8) is 0 Å². The van der Waals surface area contributed by atoms with Crippen LogP contribution in [0, 0.1) is 13.8 Å². The van der Waals surface area contributed by atoms with Gasteiger partial charge in [0.05, 0.1) is 14.2 Å². The Hall–Kier alpha value is -3.33. The predicted octanol–water partition coefficient (Wildman–Crippen LogP) is 4.19. The van der Waals surface area contributed by atoms with Crippen molar-refractivity contribution in [1.82, 2.24) is 0 Å². The van der Waals surface area contributed by atoms with Crippen molar-refractivity contribution < 1.29 is 36.4 Å². The molecule has 182 valence electrons. The minimum atomic E-state index is -4.24. The van der Waals surface area contributed by atoms with Crippen molar-refractivity contribution in [3.05, 3.63) is 63.7 Å². The summed E-state index contributed by atoms with van der Waals surface area (Å²) >= 11 is 0. The molecule has 0 unspecified atom stereocenters. The monoisotopic (exact) mass is 488 g/mol. The van der Waals surface area contributed by atoms with Gasteiger partial charge in [0, 0.05) is 17.5 Å². The van der Waals surface area contributed by atoms with Crippen LogP contribution in [0.4, 0.5) is 0 Å². The molecule has 0 fully saturated rings. The van der Waals surface area contributed by atoms with Crippen molar-refractivity contribution in [2.75, 3.05) is 14.2 Å². The molecule has 0 bridgehead atoms. The van der Waals surface area contributed by atoms with Crippen molar-refractivity contribution in [2.45, 2.75) is 51.5 Å². The van der Waals surface area contributed by atoms with Gasteiger partial charge in [0.25, 0.3) is 0 Å². The van der Waals surface area contributed by atoms with Crippen LogP contribution in [-0.2, 0) is 37.4 Å². The number of benzene rings is 2. The van der Waals surface area contributed by atoms with Gasteiger partial charge in [-0.25, -0.2) is 4.79 Å². The molecule has 0 amide bonds. The second-order valence-corrected chi connectivity index (χ2v) is 9.62. The summed E-state index contributed by atoms with van der Waals surface area (Å²) in [5, 5.41) is 0. The fraction of sp³-hybridized carbons (Fsp3) is 0.360. The molecule has 2 aromatic carbocycles. The molecule has 34 heavy (non-hydrogen) atoms. The molecular formula is C25H28O8S. The number of ether oxygens (including phenoxy) is 3. The van der Waals surface area contributed by atoms with E-state index in [1.54, 1.807) is 19.1 Å². The van der Waals surface area contributed by atoms with Gasteiger partial charge in [-0.15, -0.1) is 0 Å². The van der Waals surface area contributed by atoms with Crippen molar-refractivity contribution in [3.8, 4) is 11.5 Å². The lowest BCUT2D eigenvalue weighted by Crippen LogP contribution is -2.15.